The minimum Gasteiger partial charge on any atom is -0.466 e. The number of carbonyl (C=O) groups is 3. The molecule has 3 aliphatic heterocycles. The normalized spacial score (nSPS) is 32.2. The summed E-state index contributed by atoms with van der Waals surface area (Å²) < 4.78 is 4.65. The van der Waals surface area contributed by atoms with Crippen LogP contribution in [0.4, 0.5) is 5.69 Å². The fourth-order valence-electron chi connectivity index (χ4n) is 5.94. The third-order valence-corrected chi connectivity index (χ3v) is 9.72. The lowest BCUT2D eigenvalue weighted by Crippen LogP contribution is -2.54. The van der Waals surface area contributed by atoms with Crippen molar-refractivity contribution >= 4 is 46.8 Å². The summed E-state index contributed by atoms with van der Waals surface area (Å²) in [5.74, 6) is -1.84. The topological polar surface area (TPSA) is 95.9 Å². The monoisotopic (exact) mass is 494 g/mol. The molecular formula is C24H31ClN2O5S. The second-order valence-electron chi connectivity index (χ2n) is 9.19. The van der Waals surface area contributed by atoms with Gasteiger partial charge in [-0.15, -0.1) is 11.8 Å². The van der Waals surface area contributed by atoms with Gasteiger partial charge in [0.2, 0.25) is 11.8 Å². The van der Waals surface area contributed by atoms with E-state index >= 15 is 0 Å². The molecule has 9 heteroatoms. The summed E-state index contributed by atoms with van der Waals surface area (Å²) >= 11 is 7.99. The molecule has 1 aromatic carbocycles. The Morgan fingerprint density at radius 3 is 2.79 bits per heavy atom. The van der Waals surface area contributed by atoms with Crippen LogP contribution in [0.25, 0.3) is 0 Å². The summed E-state index contributed by atoms with van der Waals surface area (Å²) in [6, 6.07) is 4.69. The maximum Gasteiger partial charge on any atom is 0.310 e. The van der Waals surface area contributed by atoms with Gasteiger partial charge in [-0.2, -0.15) is 0 Å². The lowest BCUT2D eigenvalue weighted by Gasteiger charge is -2.38. The Balaban J connectivity index is 1.73. The number of halogens is 1. The van der Waals surface area contributed by atoms with Crippen molar-refractivity contribution in [2.24, 2.45) is 17.8 Å². The SMILES string of the molecule is CCOC(=O)[C@@H]1[C@H]2C(=O)N(CCCCO)C(C(=O)Nc3c(C)cccc3Cl)C23S[C@@H]1CC3C. The molecule has 2 N–H and O–H groups in total. The molecule has 0 saturated carbocycles. The van der Waals surface area contributed by atoms with E-state index in [9.17, 15) is 19.5 Å². The zero-order chi connectivity index (χ0) is 23.9. The first-order valence-corrected chi connectivity index (χ1v) is 12.8. The molecule has 4 rings (SSSR count). The average Bonchev–Trinajstić information content (AvgIpc) is 3.35. The van der Waals surface area contributed by atoms with Crippen LogP contribution >= 0.6 is 23.4 Å². The third-order valence-electron chi connectivity index (χ3n) is 7.33. The van der Waals surface area contributed by atoms with Crippen LogP contribution in [-0.4, -0.2) is 63.6 Å². The molecule has 0 aromatic heterocycles. The molecule has 33 heavy (non-hydrogen) atoms. The van der Waals surface area contributed by atoms with E-state index in [4.69, 9.17) is 16.3 Å². The minimum atomic E-state index is -0.728. The van der Waals surface area contributed by atoms with E-state index in [1.807, 2.05) is 19.1 Å². The molecule has 3 saturated heterocycles. The number of aryl methyl sites for hydroxylation is 1. The van der Waals surface area contributed by atoms with Crippen LogP contribution in [0.3, 0.4) is 0 Å². The zero-order valence-electron chi connectivity index (χ0n) is 19.2. The van der Waals surface area contributed by atoms with Gasteiger partial charge in [0.1, 0.15) is 6.04 Å². The number of anilines is 1. The maximum atomic E-state index is 13.8. The Bertz CT molecular complexity index is 939. The number of para-hydroxylation sites is 1. The number of unbranched alkanes of at least 4 members (excludes halogenated alkanes) is 1. The maximum absolute atomic E-state index is 13.8. The number of aliphatic hydroxyl groups excluding tert-OH is 1. The Labute approximate surface area is 203 Å². The number of nitrogens with zero attached hydrogens (tertiary/aromatic N) is 1. The summed E-state index contributed by atoms with van der Waals surface area (Å²) in [6.07, 6.45) is 1.87. The van der Waals surface area contributed by atoms with Crippen LogP contribution in [0.5, 0.6) is 0 Å². The number of likely N-dealkylation sites (tertiary alicyclic amines) is 1. The largest absolute Gasteiger partial charge is 0.466 e. The van der Waals surface area contributed by atoms with Crippen LogP contribution in [0.2, 0.25) is 5.02 Å². The Hall–Kier alpha value is -1.77. The number of hydrogen-bond donors (Lipinski definition) is 2. The molecule has 3 fully saturated rings. The van der Waals surface area contributed by atoms with Gasteiger partial charge >= 0.3 is 5.97 Å². The standard InChI is InChI=1S/C24H31ClN2O5S/c1-4-32-23(31)17-16-12-14(3)24(33-16)18(17)22(30)27(10-5-6-11-28)20(24)21(29)26-19-13(2)8-7-9-15(19)25/h7-9,14,16-18,20,28H,4-6,10-12H2,1-3H3,(H,26,29)/t14?,16-,17+,18+,20?,24?/m1/s1. The van der Waals surface area contributed by atoms with E-state index < -0.39 is 22.6 Å². The fraction of sp³-hybridized carbons (Fsp3) is 0.625. The van der Waals surface area contributed by atoms with E-state index in [0.29, 0.717) is 30.1 Å². The van der Waals surface area contributed by atoms with Crippen LogP contribution < -0.4 is 5.32 Å². The first kappa shape index (κ1) is 24.4. The molecule has 3 aliphatic rings. The van der Waals surface area contributed by atoms with Crippen molar-refractivity contribution in [1.82, 2.24) is 4.90 Å². The van der Waals surface area contributed by atoms with Gasteiger partial charge in [-0.25, -0.2) is 0 Å². The van der Waals surface area contributed by atoms with Crippen LogP contribution in [0.15, 0.2) is 18.2 Å². The first-order chi connectivity index (χ1) is 15.8. The molecule has 6 atom stereocenters. The summed E-state index contributed by atoms with van der Waals surface area (Å²) in [4.78, 5) is 42.1. The van der Waals surface area contributed by atoms with Gasteiger partial charge in [-0.3, -0.25) is 14.4 Å². The number of ether oxygens (including phenoxy) is 1. The van der Waals surface area contributed by atoms with E-state index in [1.54, 1.807) is 29.7 Å². The molecule has 3 unspecified atom stereocenters. The van der Waals surface area contributed by atoms with Crippen molar-refractivity contribution in [2.75, 3.05) is 25.1 Å². The van der Waals surface area contributed by atoms with Crippen molar-refractivity contribution in [3.8, 4) is 0 Å². The average molecular weight is 495 g/mol. The summed E-state index contributed by atoms with van der Waals surface area (Å²) in [6.45, 7) is 6.34. The van der Waals surface area contributed by atoms with Crippen LogP contribution in [0.1, 0.15) is 38.7 Å². The molecule has 0 radical (unpaired) electrons. The van der Waals surface area contributed by atoms with Gasteiger partial charge in [0.25, 0.3) is 0 Å². The Morgan fingerprint density at radius 2 is 2.12 bits per heavy atom. The summed E-state index contributed by atoms with van der Waals surface area (Å²) in [5.41, 5.74) is 1.38. The van der Waals surface area contributed by atoms with Gasteiger partial charge in [-0.1, -0.05) is 30.7 Å². The molecule has 3 heterocycles. The molecular weight excluding hydrogens is 464 g/mol. The highest BCUT2D eigenvalue weighted by Crippen LogP contribution is 2.68. The molecule has 0 aliphatic carbocycles. The number of esters is 1. The predicted molar refractivity (Wildman–Crippen MR) is 128 cm³/mol. The molecule has 2 bridgehead atoms. The first-order valence-electron chi connectivity index (χ1n) is 11.6. The second kappa shape index (κ2) is 9.47. The smallest absolute Gasteiger partial charge is 0.310 e. The van der Waals surface area contributed by atoms with Gasteiger partial charge < -0.3 is 20.1 Å². The molecule has 2 amide bonds. The van der Waals surface area contributed by atoms with Crippen molar-refractivity contribution < 1.29 is 24.2 Å². The number of fused-ring (bicyclic) bond motifs is 1. The lowest BCUT2D eigenvalue weighted by atomic mass is 9.66. The lowest BCUT2D eigenvalue weighted by molar-refractivity contribution is -0.154. The summed E-state index contributed by atoms with van der Waals surface area (Å²) in [5, 5.41) is 12.7. The fourth-order valence-corrected chi connectivity index (χ4v) is 8.62. The molecule has 1 spiro atoms. The van der Waals surface area contributed by atoms with E-state index in [2.05, 4.69) is 12.2 Å². The predicted octanol–water partition coefficient (Wildman–Crippen LogP) is 3.26. The van der Waals surface area contributed by atoms with E-state index in [-0.39, 0.29) is 42.2 Å². The quantitative estimate of drug-likeness (QED) is 0.425. The number of carbonyl (C=O) groups excluding carboxylic acids is 3. The Kier molecular flexibility index (Phi) is 6.99. The number of benzene rings is 1. The van der Waals surface area contributed by atoms with Crippen molar-refractivity contribution in [2.45, 2.75) is 56.1 Å². The van der Waals surface area contributed by atoms with Crippen molar-refractivity contribution in [3.05, 3.63) is 28.8 Å². The number of aliphatic hydroxyl groups is 1. The van der Waals surface area contributed by atoms with Gasteiger partial charge in [0.05, 0.1) is 33.9 Å². The van der Waals surface area contributed by atoms with E-state index in [1.165, 1.54) is 0 Å². The molecule has 180 valence electrons. The number of amides is 2. The highest BCUT2D eigenvalue weighted by molar-refractivity contribution is 8.02. The van der Waals surface area contributed by atoms with Gasteiger partial charge in [0.15, 0.2) is 0 Å². The van der Waals surface area contributed by atoms with Crippen LogP contribution in [0, 0.1) is 24.7 Å². The third kappa shape index (κ3) is 3.84. The van der Waals surface area contributed by atoms with Crippen molar-refractivity contribution in [1.29, 1.82) is 0 Å². The second-order valence-corrected chi connectivity index (χ2v) is 11.1. The number of nitrogens with one attached hydrogen (secondary N) is 1. The van der Waals surface area contributed by atoms with Crippen LogP contribution in [-0.2, 0) is 19.1 Å². The highest BCUT2D eigenvalue weighted by atomic mass is 35.5. The molecule has 1 aromatic rings. The Morgan fingerprint density at radius 1 is 1.36 bits per heavy atom. The van der Waals surface area contributed by atoms with Crippen molar-refractivity contribution in [3.63, 3.8) is 0 Å². The molecule has 7 nitrogen and oxygen atoms in total. The number of thioether (sulfide) groups is 1. The zero-order valence-corrected chi connectivity index (χ0v) is 20.7. The summed E-state index contributed by atoms with van der Waals surface area (Å²) in [7, 11) is 0. The van der Waals surface area contributed by atoms with Gasteiger partial charge in [0, 0.05) is 18.4 Å². The van der Waals surface area contributed by atoms with E-state index in [0.717, 1.165) is 12.0 Å². The minimum absolute atomic E-state index is 0.0188. The number of hydrogen-bond acceptors (Lipinski definition) is 6. The van der Waals surface area contributed by atoms with Gasteiger partial charge in [-0.05, 0) is 50.7 Å². The highest BCUT2D eigenvalue weighted by Gasteiger charge is 2.76. The number of rotatable bonds is 8.